The lowest BCUT2D eigenvalue weighted by Gasteiger charge is -2.34. The molecule has 3 rings (SSSR count). The van der Waals surface area contributed by atoms with Crippen LogP contribution in [0.1, 0.15) is 32.6 Å². The quantitative estimate of drug-likeness (QED) is 0.875. The van der Waals surface area contributed by atoms with Crippen molar-refractivity contribution in [3.63, 3.8) is 0 Å². The van der Waals surface area contributed by atoms with Crippen LogP contribution in [0.3, 0.4) is 0 Å². The Hall–Kier alpha value is -2.30. The second-order valence-electron chi connectivity index (χ2n) is 6.64. The minimum Gasteiger partial charge on any atom is -0.491 e. The summed E-state index contributed by atoms with van der Waals surface area (Å²) < 4.78 is 5.86. The van der Waals surface area contributed by atoms with Gasteiger partial charge in [-0.2, -0.15) is 0 Å². The van der Waals surface area contributed by atoms with Crippen LogP contribution >= 0.6 is 0 Å². The monoisotopic (exact) mass is 341 g/mol. The molecular weight excluding hydrogens is 314 g/mol. The number of carbonyl (C=O) groups is 1. The van der Waals surface area contributed by atoms with E-state index in [1.165, 1.54) is 5.69 Å². The Labute approximate surface area is 149 Å². The van der Waals surface area contributed by atoms with Gasteiger partial charge in [-0.3, -0.25) is 9.78 Å². The van der Waals surface area contributed by atoms with Crippen molar-refractivity contribution >= 4 is 22.5 Å². The van der Waals surface area contributed by atoms with Crippen molar-refractivity contribution in [3.05, 3.63) is 30.5 Å². The van der Waals surface area contributed by atoms with Crippen molar-refractivity contribution < 1.29 is 9.53 Å². The molecule has 134 valence electrons. The number of anilines is 1. The van der Waals surface area contributed by atoms with Crippen LogP contribution in [0.25, 0.3) is 10.9 Å². The summed E-state index contributed by atoms with van der Waals surface area (Å²) >= 11 is 0. The molecule has 0 bridgehead atoms. The van der Waals surface area contributed by atoms with Crippen molar-refractivity contribution in [1.29, 1.82) is 0 Å². The van der Waals surface area contributed by atoms with Crippen LogP contribution in [0.5, 0.6) is 5.75 Å². The molecule has 0 radical (unpaired) electrons. The van der Waals surface area contributed by atoms with Crippen molar-refractivity contribution in [1.82, 2.24) is 10.3 Å². The van der Waals surface area contributed by atoms with Crippen LogP contribution in [0, 0.1) is 5.92 Å². The molecule has 25 heavy (non-hydrogen) atoms. The maximum Gasteiger partial charge on any atom is 0.220 e. The van der Waals surface area contributed by atoms with E-state index in [9.17, 15) is 4.79 Å². The van der Waals surface area contributed by atoms with Crippen molar-refractivity contribution in [2.24, 2.45) is 5.92 Å². The van der Waals surface area contributed by atoms with Crippen LogP contribution < -0.4 is 15.0 Å². The highest BCUT2D eigenvalue weighted by atomic mass is 16.5. The molecule has 1 saturated heterocycles. The highest BCUT2D eigenvalue weighted by Crippen LogP contribution is 2.33. The number of nitrogens with zero attached hydrogens (tertiary/aromatic N) is 2. The second-order valence-corrected chi connectivity index (χ2v) is 6.64. The van der Waals surface area contributed by atoms with Gasteiger partial charge in [-0.05, 0) is 37.3 Å². The van der Waals surface area contributed by atoms with Crippen LogP contribution in [-0.2, 0) is 4.79 Å². The molecule has 0 unspecified atom stereocenters. The summed E-state index contributed by atoms with van der Waals surface area (Å²) in [5.74, 6) is 1.48. The van der Waals surface area contributed by atoms with E-state index in [1.54, 1.807) is 7.05 Å². The Morgan fingerprint density at radius 1 is 1.32 bits per heavy atom. The maximum atomic E-state index is 11.6. The van der Waals surface area contributed by atoms with Crippen molar-refractivity contribution in [2.45, 2.75) is 32.6 Å². The lowest BCUT2D eigenvalue weighted by atomic mass is 9.92. The highest BCUT2D eigenvalue weighted by Gasteiger charge is 2.22. The van der Waals surface area contributed by atoms with Crippen LogP contribution in [0.2, 0.25) is 0 Å². The van der Waals surface area contributed by atoms with Gasteiger partial charge in [-0.25, -0.2) is 0 Å². The molecule has 1 fully saturated rings. The number of benzene rings is 1. The third-order valence-corrected chi connectivity index (χ3v) is 4.88. The smallest absolute Gasteiger partial charge is 0.220 e. The van der Waals surface area contributed by atoms with Crippen LogP contribution in [0.15, 0.2) is 30.5 Å². The number of hydrogen-bond donors (Lipinski definition) is 1. The average molecular weight is 341 g/mol. The summed E-state index contributed by atoms with van der Waals surface area (Å²) in [5.41, 5.74) is 2.14. The van der Waals surface area contributed by atoms with Gasteiger partial charge in [-0.1, -0.05) is 19.1 Å². The number of pyridine rings is 1. The summed E-state index contributed by atoms with van der Waals surface area (Å²) in [4.78, 5) is 18.5. The van der Waals surface area contributed by atoms with Gasteiger partial charge in [0.05, 0.1) is 6.61 Å². The van der Waals surface area contributed by atoms with Gasteiger partial charge in [0.25, 0.3) is 0 Å². The van der Waals surface area contributed by atoms with Gasteiger partial charge in [0.1, 0.15) is 11.3 Å². The summed E-state index contributed by atoms with van der Waals surface area (Å²) in [6.07, 6.45) is 5.57. The topological polar surface area (TPSA) is 54.5 Å². The lowest BCUT2D eigenvalue weighted by Crippen LogP contribution is -2.35. The van der Waals surface area contributed by atoms with E-state index in [2.05, 4.69) is 34.3 Å². The molecule has 0 aliphatic carbocycles. The number of fused-ring (bicyclic) bond motifs is 1. The zero-order chi connectivity index (χ0) is 17.6. The maximum absolute atomic E-state index is 11.6. The minimum atomic E-state index is 0.144. The number of nitrogens with one attached hydrogen (secondary N) is 1. The third kappa shape index (κ3) is 4.03. The van der Waals surface area contributed by atoms with Gasteiger partial charge in [0.15, 0.2) is 0 Å². The highest BCUT2D eigenvalue weighted by molar-refractivity contribution is 5.95. The average Bonchev–Trinajstić information content (AvgIpc) is 2.66. The zero-order valence-electron chi connectivity index (χ0n) is 15.1. The fourth-order valence-electron chi connectivity index (χ4n) is 3.48. The molecule has 2 heterocycles. The Bertz CT molecular complexity index is 724. The fourth-order valence-corrected chi connectivity index (χ4v) is 3.48. The van der Waals surface area contributed by atoms with Crippen LogP contribution in [-0.4, -0.2) is 37.6 Å². The predicted molar refractivity (Wildman–Crippen MR) is 101 cm³/mol. The Morgan fingerprint density at radius 2 is 2.12 bits per heavy atom. The first-order chi connectivity index (χ1) is 12.2. The Balaban J connectivity index is 1.77. The number of ether oxygens (including phenoxy) is 1. The molecule has 1 aromatic heterocycles. The minimum absolute atomic E-state index is 0.144. The number of piperidine rings is 1. The molecule has 1 aliphatic rings. The molecule has 1 aromatic carbocycles. The van der Waals surface area contributed by atoms with E-state index in [1.807, 2.05) is 18.3 Å². The van der Waals surface area contributed by atoms with E-state index in [4.69, 9.17) is 4.74 Å². The largest absolute Gasteiger partial charge is 0.491 e. The molecule has 5 heteroatoms. The number of rotatable bonds is 6. The number of hydrogen-bond acceptors (Lipinski definition) is 4. The number of aromatic nitrogens is 1. The summed E-state index contributed by atoms with van der Waals surface area (Å²) in [6.45, 7) is 4.75. The van der Waals surface area contributed by atoms with E-state index in [0.717, 1.165) is 49.0 Å². The molecule has 5 nitrogen and oxygen atoms in total. The van der Waals surface area contributed by atoms with Gasteiger partial charge in [0, 0.05) is 43.8 Å². The normalized spacial score (nSPS) is 15.4. The number of para-hydroxylation sites is 1. The lowest BCUT2D eigenvalue weighted by molar-refractivity contribution is -0.121. The SMILES string of the molecule is CCCOc1cccc2c(N3CCC(CC(=O)NC)CC3)ccnc12. The second kappa shape index (κ2) is 8.19. The van der Waals surface area contributed by atoms with Gasteiger partial charge >= 0.3 is 0 Å². The molecule has 1 aliphatic heterocycles. The third-order valence-electron chi connectivity index (χ3n) is 4.88. The number of amides is 1. The standard InChI is InChI=1S/C20H27N3O2/c1-3-13-25-18-6-4-5-16-17(7-10-22-20(16)18)23-11-8-15(9-12-23)14-19(24)21-2/h4-7,10,15H,3,8-9,11-14H2,1-2H3,(H,21,24). The van der Waals surface area contributed by atoms with Crippen molar-refractivity contribution in [2.75, 3.05) is 31.6 Å². The zero-order valence-corrected chi connectivity index (χ0v) is 15.1. The van der Waals surface area contributed by atoms with Gasteiger partial charge in [0.2, 0.25) is 5.91 Å². The van der Waals surface area contributed by atoms with E-state index in [-0.39, 0.29) is 5.91 Å². The first-order valence-electron chi connectivity index (χ1n) is 9.19. The first kappa shape index (κ1) is 17.5. The molecule has 2 aromatic rings. The van der Waals surface area contributed by atoms with Crippen molar-refractivity contribution in [3.8, 4) is 5.75 Å². The number of carbonyl (C=O) groups excluding carboxylic acids is 1. The Kier molecular flexibility index (Phi) is 5.74. The van der Waals surface area contributed by atoms with Crippen LogP contribution in [0.4, 0.5) is 5.69 Å². The predicted octanol–water partition coefficient (Wildman–Crippen LogP) is 3.38. The van der Waals surface area contributed by atoms with E-state index >= 15 is 0 Å². The molecule has 1 N–H and O–H groups in total. The summed E-state index contributed by atoms with van der Waals surface area (Å²) in [5, 5.41) is 3.87. The van der Waals surface area contributed by atoms with Gasteiger partial charge in [-0.15, -0.1) is 0 Å². The Morgan fingerprint density at radius 3 is 2.84 bits per heavy atom. The van der Waals surface area contributed by atoms with E-state index in [0.29, 0.717) is 18.9 Å². The molecule has 1 amide bonds. The molecule has 0 spiro atoms. The summed E-state index contributed by atoms with van der Waals surface area (Å²) in [7, 11) is 1.71. The first-order valence-corrected chi connectivity index (χ1v) is 9.19. The summed E-state index contributed by atoms with van der Waals surface area (Å²) in [6, 6.07) is 8.24. The van der Waals surface area contributed by atoms with E-state index < -0.39 is 0 Å². The molecule has 0 atom stereocenters. The van der Waals surface area contributed by atoms with Gasteiger partial charge < -0.3 is 15.0 Å². The fraction of sp³-hybridized carbons (Fsp3) is 0.500. The molecule has 0 saturated carbocycles. The molecular formula is C20H27N3O2.